The molecule has 1 heterocycles. The van der Waals surface area contributed by atoms with Crippen LogP contribution in [0.5, 0.6) is 0 Å². The van der Waals surface area contributed by atoms with Crippen molar-refractivity contribution in [1.29, 1.82) is 0 Å². The predicted molar refractivity (Wildman–Crippen MR) is 73.7 cm³/mol. The Morgan fingerprint density at radius 1 is 1.26 bits per heavy atom. The molecule has 2 N–H and O–H groups in total. The zero-order valence-electron chi connectivity index (χ0n) is 11.4. The Morgan fingerprint density at radius 2 is 2.05 bits per heavy atom. The molecule has 104 valence electrons. The minimum absolute atomic E-state index is 0.347. The van der Waals surface area contributed by atoms with Crippen molar-refractivity contribution < 1.29 is 13.9 Å². The maximum atomic E-state index is 5.68. The van der Waals surface area contributed by atoms with E-state index in [1.807, 2.05) is 6.07 Å². The van der Waals surface area contributed by atoms with Crippen molar-refractivity contribution in [2.45, 2.75) is 20.5 Å². The molecule has 0 aliphatic carbocycles. The van der Waals surface area contributed by atoms with Crippen LogP contribution in [0.2, 0.25) is 0 Å². The van der Waals surface area contributed by atoms with Gasteiger partial charge >= 0.3 is 0 Å². The number of oxazole rings is 1. The summed E-state index contributed by atoms with van der Waals surface area (Å²) < 4.78 is 16.4. The number of hydrogen-bond acceptors (Lipinski definition) is 5. The summed E-state index contributed by atoms with van der Waals surface area (Å²) in [7, 11) is 0. The molecule has 0 atom stereocenters. The summed E-state index contributed by atoms with van der Waals surface area (Å²) in [5, 5.41) is 0. The molecule has 19 heavy (non-hydrogen) atoms. The van der Waals surface area contributed by atoms with E-state index in [0.717, 1.165) is 17.7 Å². The van der Waals surface area contributed by atoms with E-state index in [-0.39, 0.29) is 0 Å². The highest BCUT2D eigenvalue weighted by Crippen LogP contribution is 2.18. The Labute approximate surface area is 112 Å². The third-order valence-electron chi connectivity index (χ3n) is 2.50. The molecule has 0 unspecified atom stereocenters. The number of ether oxygens (including phenoxy) is 2. The number of fused-ring (bicyclic) bond motifs is 1. The Hall–Kier alpha value is -1.59. The lowest BCUT2D eigenvalue weighted by molar-refractivity contribution is 0.0255. The van der Waals surface area contributed by atoms with Crippen molar-refractivity contribution in [1.82, 2.24) is 4.98 Å². The Bertz CT molecular complexity index is 522. The number of anilines is 1. The summed E-state index contributed by atoms with van der Waals surface area (Å²) in [6.07, 6.45) is 0. The van der Waals surface area contributed by atoms with E-state index in [4.69, 9.17) is 19.6 Å². The Morgan fingerprint density at radius 3 is 2.84 bits per heavy atom. The van der Waals surface area contributed by atoms with Crippen LogP contribution in [-0.2, 0) is 16.1 Å². The summed E-state index contributed by atoms with van der Waals surface area (Å²) in [6, 6.07) is 5.39. The molecule has 0 aliphatic heterocycles. The fourth-order valence-corrected chi connectivity index (χ4v) is 1.65. The normalized spacial score (nSPS) is 11.5. The monoisotopic (exact) mass is 264 g/mol. The quantitative estimate of drug-likeness (QED) is 0.615. The number of rotatable bonds is 7. The standard InChI is InChI=1S/C14H20N2O3/c1-10(2)8-17-5-6-18-9-14-16-12-7-11(15)3-4-13(12)19-14/h3-4,7,10H,5-6,8-9,15H2,1-2H3. The lowest BCUT2D eigenvalue weighted by atomic mass is 10.2. The molecule has 1 aromatic carbocycles. The maximum Gasteiger partial charge on any atom is 0.221 e. The molecule has 0 fully saturated rings. The topological polar surface area (TPSA) is 70.5 Å². The molecule has 0 bridgehead atoms. The van der Waals surface area contributed by atoms with Gasteiger partial charge in [0.25, 0.3) is 0 Å². The van der Waals surface area contributed by atoms with Crippen LogP contribution in [-0.4, -0.2) is 24.8 Å². The molecule has 1 aromatic heterocycles. The molecule has 0 spiro atoms. The van der Waals surface area contributed by atoms with Crippen molar-refractivity contribution in [3.63, 3.8) is 0 Å². The molecule has 0 amide bonds. The summed E-state index contributed by atoms with van der Waals surface area (Å²) >= 11 is 0. The van der Waals surface area contributed by atoms with Crippen LogP contribution in [0.4, 0.5) is 5.69 Å². The molecule has 0 saturated heterocycles. The molecular formula is C14H20N2O3. The largest absolute Gasteiger partial charge is 0.438 e. The SMILES string of the molecule is CC(C)COCCOCc1nc2cc(N)ccc2o1. The lowest BCUT2D eigenvalue weighted by Crippen LogP contribution is -2.08. The maximum absolute atomic E-state index is 5.68. The average molecular weight is 264 g/mol. The van der Waals surface area contributed by atoms with Gasteiger partial charge in [0.2, 0.25) is 5.89 Å². The van der Waals surface area contributed by atoms with Crippen molar-refractivity contribution in [3.8, 4) is 0 Å². The van der Waals surface area contributed by atoms with Crippen LogP contribution in [0.25, 0.3) is 11.1 Å². The number of aromatic nitrogens is 1. The van der Waals surface area contributed by atoms with E-state index in [9.17, 15) is 0 Å². The highest BCUT2D eigenvalue weighted by molar-refractivity contribution is 5.76. The number of benzene rings is 1. The predicted octanol–water partition coefficient (Wildman–Crippen LogP) is 2.60. The van der Waals surface area contributed by atoms with Gasteiger partial charge in [-0.1, -0.05) is 13.8 Å². The van der Waals surface area contributed by atoms with Gasteiger partial charge < -0.3 is 19.6 Å². The third-order valence-corrected chi connectivity index (χ3v) is 2.50. The number of nitrogen functional groups attached to an aromatic ring is 1. The zero-order chi connectivity index (χ0) is 13.7. The third kappa shape index (κ3) is 4.22. The Balaban J connectivity index is 1.75. The molecule has 0 saturated carbocycles. The first-order valence-electron chi connectivity index (χ1n) is 6.45. The van der Waals surface area contributed by atoms with Gasteiger partial charge in [0.05, 0.1) is 13.2 Å². The molecular weight excluding hydrogens is 244 g/mol. The second-order valence-corrected chi connectivity index (χ2v) is 4.86. The molecule has 5 heteroatoms. The lowest BCUT2D eigenvalue weighted by Gasteiger charge is -2.06. The summed E-state index contributed by atoms with van der Waals surface area (Å²) in [6.45, 7) is 6.46. The molecule has 2 rings (SSSR count). The molecule has 5 nitrogen and oxygen atoms in total. The van der Waals surface area contributed by atoms with Crippen LogP contribution < -0.4 is 5.73 Å². The van der Waals surface area contributed by atoms with Crippen molar-refractivity contribution >= 4 is 16.8 Å². The van der Waals surface area contributed by atoms with Crippen LogP contribution in [0.3, 0.4) is 0 Å². The van der Waals surface area contributed by atoms with Crippen molar-refractivity contribution in [2.24, 2.45) is 5.92 Å². The summed E-state index contributed by atoms with van der Waals surface area (Å²) in [5.41, 5.74) is 7.84. The molecule has 2 aromatic rings. The molecule has 0 radical (unpaired) electrons. The van der Waals surface area contributed by atoms with Gasteiger partial charge in [0, 0.05) is 12.3 Å². The van der Waals surface area contributed by atoms with Gasteiger partial charge in [-0.2, -0.15) is 0 Å². The number of hydrogen-bond donors (Lipinski definition) is 1. The average Bonchev–Trinajstić information content (AvgIpc) is 2.75. The first kappa shape index (κ1) is 13.8. The van der Waals surface area contributed by atoms with E-state index in [1.165, 1.54) is 0 Å². The van der Waals surface area contributed by atoms with Gasteiger partial charge in [-0.05, 0) is 24.1 Å². The number of nitrogens with two attached hydrogens (primary N) is 1. The van der Waals surface area contributed by atoms with Gasteiger partial charge in [-0.25, -0.2) is 4.98 Å². The van der Waals surface area contributed by atoms with Gasteiger partial charge in [0.1, 0.15) is 12.1 Å². The van der Waals surface area contributed by atoms with E-state index < -0.39 is 0 Å². The summed E-state index contributed by atoms with van der Waals surface area (Å²) in [4.78, 5) is 4.31. The van der Waals surface area contributed by atoms with Crippen molar-refractivity contribution in [3.05, 3.63) is 24.1 Å². The second kappa shape index (κ2) is 6.54. The Kier molecular flexibility index (Phi) is 4.76. The van der Waals surface area contributed by atoms with Crippen LogP contribution >= 0.6 is 0 Å². The summed E-state index contributed by atoms with van der Waals surface area (Å²) in [5.74, 6) is 1.10. The van der Waals surface area contributed by atoms with E-state index in [2.05, 4.69) is 18.8 Å². The highest BCUT2D eigenvalue weighted by atomic mass is 16.5. The highest BCUT2D eigenvalue weighted by Gasteiger charge is 2.05. The van der Waals surface area contributed by atoms with E-state index >= 15 is 0 Å². The van der Waals surface area contributed by atoms with Crippen LogP contribution in [0, 0.1) is 5.92 Å². The van der Waals surface area contributed by atoms with Gasteiger partial charge in [-0.3, -0.25) is 0 Å². The van der Waals surface area contributed by atoms with E-state index in [0.29, 0.717) is 37.3 Å². The van der Waals surface area contributed by atoms with E-state index in [1.54, 1.807) is 12.1 Å². The minimum Gasteiger partial charge on any atom is -0.438 e. The molecule has 0 aliphatic rings. The number of nitrogens with zero attached hydrogens (tertiary/aromatic N) is 1. The van der Waals surface area contributed by atoms with Gasteiger partial charge in [-0.15, -0.1) is 0 Å². The fourth-order valence-electron chi connectivity index (χ4n) is 1.65. The fraction of sp³-hybridized carbons (Fsp3) is 0.500. The van der Waals surface area contributed by atoms with Crippen LogP contribution in [0.15, 0.2) is 22.6 Å². The smallest absolute Gasteiger partial charge is 0.221 e. The van der Waals surface area contributed by atoms with Crippen LogP contribution in [0.1, 0.15) is 19.7 Å². The minimum atomic E-state index is 0.347. The zero-order valence-corrected chi connectivity index (χ0v) is 11.4. The first-order chi connectivity index (χ1) is 9.15. The van der Waals surface area contributed by atoms with Gasteiger partial charge in [0.15, 0.2) is 5.58 Å². The second-order valence-electron chi connectivity index (χ2n) is 4.86. The first-order valence-corrected chi connectivity index (χ1v) is 6.45. The van der Waals surface area contributed by atoms with Crippen molar-refractivity contribution in [2.75, 3.05) is 25.6 Å².